The number of hydrogen-bond donors (Lipinski definition) is 1. The Morgan fingerprint density at radius 2 is 2.41 bits per heavy atom. The Hall–Kier alpha value is -0.840. The zero-order valence-electron chi connectivity index (χ0n) is 10.7. The third-order valence-electron chi connectivity index (χ3n) is 3.83. The molecule has 4 nitrogen and oxygen atoms in total. The molecule has 17 heavy (non-hydrogen) atoms. The second kappa shape index (κ2) is 5.21. The minimum absolute atomic E-state index is 0.0644. The smallest absolute Gasteiger partial charge is 0.0947 e. The standard InChI is InChI=1S/C13H22N2O2/c1-11-7-13(10-14,4-6-17-11)15(2)8-12-3-5-16-9-12/h3,5,9,11H,4,6-8,10,14H2,1-2H3. The number of nitrogens with zero attached hydrogens (tertiary/aromatic N) is 1. The summed E-state index contributed by atoms with van der Waals surface area (Å²) in [5.74, 6) is 0. The van der Waals surface area contributed by atoms with Gasteiger partial charge in [-0.25, -0.2) is 0 Å². The summed E-state index contributed by atoms with van der Waals surface area (Å²) in [4.78, 5) is 2.34. The first-order chi connectivity index (χ1) is 8.16. The molecule has 2 atom stereocenters. The SMILES string of the molecule is CC1CC(CN)(N(C)Cc2ccoc2)CCO1. The Labute approximate surface area is 103 Å². The van der Waals surface area contributed by atoms with Crippen molar-refractivity contribution >= 4 is 0 Å². The highest BCUT2D eigenvalue weighted by Gasteiger charge is 2.37. The van der Waals surface area contributed by atoms with Crippen LogP contribution in [0, 0.1) is 0 Å². The van der Waals surface area contributed by atoms with E-state index in [0.29, 0.717) is 12.6 Å². The Morgan fingerprint density at radius 1 is 1.59 bits per heavy atom. The van der Waals surface area contributed by atoms with Gasteiger partial charge < -0.3 is 14.9 Å². The molecule has 1 aliphatic heterocycles. The lowest BCUT2D eigenvalue weighted by Crippen LogP contribution is -2.56. The first-order valence-corrected chi connectivity index (χ1v) is 6.20. The van der Waals surface area contributed by atoms with E-state index >= 15 is 0 Å². The van der Waals surface area contributed by atoms with Gasteiger partial charge in [0.05, 0.1) is 18.6 Å². The minimum Gasteiger partial charge on any atom is -0.472 e. The van der Waals surface area contributed by atoms with Crippen molar-refractivity contribution in [3.05, 3.63) is 24.2 Å². The van der Waals surface area contributed by atoms with E-state index in [1.54, 1.807) is 12.5 Å². The van der Waals surface area contributed by atoms with E-state index in [1.807, 2.05) is 6.07 Å². The van der Waals surface area contributed by atoms with Gasteiger partial charge in [0, 0.05) is 30.8 Å². The van der Waals surface area contributed by atoms with Crippen LogP contribution in [0.1, 0.15) is 25.3 Å². The summed E-state index contributed by atoms with van der Waals surface area (Å²) in [5, 5.41) is 0. The van der Waals surface area contributed by atoms with Crippen molar-refractivity contribution in [1.29, 1.82) is 0 Å². The highest BCUT2D eigenvalue weighted by molar-refractivity contribution is 5.07. The van der Waals surface area contributed by atoms with Crippen LogP contribution in [-0.2, 0) is 11.3 Å². The van der Waals surface area contributed by atoms with E-state index in [1.165, 1.54) is 5.56 Å². The number of likely N-dealkylation sites (N-methyl/N-ethyl adjacent to an activating group) is 1. The molecule has 4 heteroatoms. The van der Waals surface area contributed by atoms with Crippen molar-refractivity contribution < 1.29 is 9.15 Å². The quantitative estimate of drug-likeness (QED) is 0.866. The fraction of sp³-hybridized carbons (Fsp3) is 0.692. The Balaban J connectivity index is 2.06. The Morgan fingerprint density at radius 3 is 3.00 bits per heavy atom. The zero-order chi connectivity index (χ0) is 12.3. The summed E-state index contributed by atoms with van der Waals surface area (Å²) in [6.45, 7) is 4.47. The molecule has 0 radical (unpaired) electrons. The number of hydrogen-bond acceptors (Lipinski definition) is 4. The molecule has 0 saturated carbocycles. The first-order valence-electron chi connectivity index (χ1n) is 6.20. The van der Waals surface area contributed by atoms with Crippen molar-refractivity contribution in [3.63, 3.8) is 0 Å². The van der Waals surface area contributed by atoms with Crippen molar-refractivity contribution in [2.24, 2.45) is 5.73 Å². The van der Waals surface area contributed by atoms with Gasteiger partial charge in [-0.05, 0) is 32.9 Å². The molecule has 0 spiro atoms. The second-order valence-electron chi connectivity index (χ2n) is 5.05. The lowest BCUT2D eigenvalue weighted by atomic mass is 9.85. The highest BCUT2D eigenvalue weighted by atomic mass is 16.5. The number of furan rings is 1. The van der Waals surface area contributed by atoms with E-state index in [9.17, 15) is 0 Å². The third kappa shape index (κ3) is 2.70. The first kappa shape index (κ1) is 12.6. The van der Waals surface area contributed by atoms with Gasteiger partial charge in [-0.1, -0.05) is 0 Å². The molecule has 0 amide bonds. The molecule has 2 heterocycles. The van der Waals surface area contributed by atoms with E-state index < -0.39 is 0 Å². The summed E-state index contributed by atoms with van der Waals surface area (Å²) in [5.41, 5.74) is 7.27. The van der Waals surface area contributed by atoms with Crippen LogP contribution >= 0.6 is 0 Å². The zero-order valence-corrected chi connectivity index (χ0v) is 10.7. The predicted molar refractivity (Wildman–Crippen MR) is 66.6 cm³/mol. The van der Waals surface area contributed by atoms with Crippen molar-refractivity contribution in [2.45, 2.75) is 38.0 Å². The average molecular weight is 238 g/mol. The van der Waals surface area contributed by atoms with Crippen LogP contribution in [0.15, 0.2) is 23.0 Å². The predicted octanol–water partition coefficient (Wildman–Crippen LogP) is 1.61. The molecule has 96 valence electrons. The van der Waals surface area contributed by atoms with Crippen LogP contribution in [0.25, 0.3) is 0 Å². The van der Waals surface area contributed by atoms with Gasteiger partial charge >= 0.3 is 0 Å². The fourth-order valence-corrected chi connectivity index (χ4v) is 2.66. The summed E-state index contributed by atoms with van der Waals surface area (Å²) in [6, 6.07) is 2.00. The number of nitrogens with two attached hydrogens (primary N) is 1. The molecule has 0 bridgehead atoms. The van der Waals surface area contributed by atoms with Gasteiger partial charge in [0.1, 0.15) is 0 Å². The maximum absolute atomic E-state index is 6.01. The maximum Gasteiger partial charge on any atom is 0.0947 e. The third-order valence-corrected chi connectivity index (χ3v) is 3.83. The molecule has 1 saturated heterocycles. The largest absolute Gasteiger partial charge is 0.472 e. The van der Waals surface area contributed by atoms with Crippen LogP contribution < -0.4 is 5.73 Å². The van der Waals surface area contributed by atoms with E-state index in [4.69, 9.17) is 14.9 Å². The van der Waals surface area contributed by atoms with Gasteiger partial charge in [-0.15, -0.1) is 0 Å². The molecule has 1 aromatic rings. The number of rotatable bonds is 4. The topological polar surface area (TPSA) is 51.6 Å². The second-order valence-corrected chi connectivity index (χ2v) is 5.05. The fourth-order valence-electron chi connectivity index (χ4n) is 2.66. The molecule has 1 fully saturated rings. The molecule has 2 unspecified atom stereocenters. The van der Waals surface area contributed by atoms with Crippen molar-refractivity contribution in [1.82, 2.24) is 4.90 Å². The lowest BCUT2D eigenvalue weighted by molar-refractivity contribution is -0.0584. The lowest BCUT2D eigenvalue weighted by Gasteiger charge is -2.45. The monoisotopic (exact) mass is 238 g/mol. The summed E-state index contributed by atoms with van der Waals surface area (Å²) < 4.78 is 10.7. The van der Waals surface area contributed by atoms with Gasteiger partial charge in [-0.3, -0.25) is 4.90 Å². The van der Waals surface area contributed by atoms with Gasteiger partial charge in [0.15, 0.2) is 0 Å². The van der Waals surface area contributed by atoms with Crippen molar-refractivity contribution in [3.8, 4) is 0 Å². The van der Waals surface area contributed by atoms with Crippen molar-refractivity contribution in [2.75, 3.05) is 20.2 Å². The van der Waals surface area contributed by atoms with Gasteiger partial charge in [-0.2, -0.15) is 0 Å². The van der Waals surface area contributed by atoms with E-state index in [0.717, 1.165) is 26.0 Å². The van der Waals surface area contributed by atoms with E-state index in [2.05, 4.69) is 18.9 Å². The molecule has 2 N–H and O–H groups in total. The average Bonchev–Trinajstić information content (AvgIpc) is 2.81. The van der Waals surface area contributed by atoms with Crippen LogP contribution in [0.5, 0.6) is 0 Å². The molecule has 2 rings (SSSR count). The van der Waals surface area contributed by atoms with E-state index in [-0.39, 0.29) is 5.54 Å². The Bertz CT molecular complexity index is 339. The van der Waals surface area contributed by atoms with Crippen LogP contribution in [0.2, 0.25) is 0 Å². The van der Waals surface area contributed by atoms with Crippen LogP contribution in [0.3, 0.4) is 0 Å². The maximum atomic E-state index is 6.01. The molecule has 1 aromatic heterocycles. The normalized spacial score (nSPS) is 29.8. The van der Waals surface area contributed by atoms with Crippen LogP contribution in [-0.4, -0.2) is 36.7 Å². The summed E-state index contributed by atoms with van der Waals surface area (Å²) in [6.07, 6.45) is 5.80. The molecular formula is C13H22N2O2. The number of ether oxygens (including phenoxy) is 1. The molecule has 0 aromatic carbocycles. The molecule has 0 aliphatic carbocycles. The van der Waals surface area contributed by atoms with Gasteiger partial charge in [0.2, 0.25) is 0 Å². The molecule has 1 aliphatic rings. The summed E-state index contributed by atoms with van der Waals surface area (Å²) in [7, 11) is 2.14. The van der Waals surface area contributed by atoms with Gasteiger partial charge in [0.25, 0.3) is 0 Å². The Kier molecular flexibility index (Phi) is 3.86. The minimum atomic E-state index is 0.0644. The highest BCUT2D eigenvalue weighted by Crippen LogP contribution is 2.30. The molecular weight excluding hydrogens is 216 g/mol. The summed E-state index contributed by atoms with van der Waals surface area (Å²) >= 11 is 0. The van der Waals surface area contributed by atoms with Crippen LogP contribution in [0.4, 0.5) is 0 Å².